The van der Waals surface area contributed by atoms with Crippen LogP contribution in [0.15, 0.2) is 42.6 Å². The van der Waals surface area contributed by atoms with Crippen molar-refractivity contribution < 1.29 is 19.5 Å². The van der Waals surface area contributed by atoms with Crippen LogP contribution in [0.4, 0.5) is 23.1 Å². The number of para-hydroxylation sites is 1. The van der Waals surface area contributed by atoms with Gasteiger partial charge in [-0.15, -0.1) is 0 Å². The van der Waals surface area contributed by atoms with Crippen molar-refractivity contribution in [1.82, 2.24) is 9.97 Å². The number of rotatable bonds is 12. The molecule has 3 aromatic rings. The van der Waals surface area contributed by atoms with E-state index in [1.54, 1.807) is 0 Å². The molecule has 4 rings (SSSR count). The van der Waals surface area contributed by atoms with Gasteiger partial charge in [-0.25, -0.2) is 4.98 Å². The van der Waals surface area contributed by atoms with Gasteiger partial charge >= 0.3 is 7.12 Å². The maximum absolute atomic E-state index is 9.43. The Balaban J connectivity index is 1.63. The van der Waals surface area contributed by atoms with Crippen LogP contribution in [0, 0.1) is 6.92 Å². The second kappa shape index (κ2) is 11.7. The van der Waals surface area contributed by atoms with Gasteiger partial charge in [-0.3, -0.25) is 0 Å². The number of aryl methyl sites for hydroxylation is 1. The van der Waals surface area contributed by atoms with E-state index < -0.39 is 7.12 Å². The summed E-state index contributed by atoms with van der Waals surface area (Å²) in [5.41, 5.74) is 4.62. The normalized spacial score (nSPS) is 13.9. The largest absolute Gasteiger partial charge is 0.489 e. The lowest BCUT2D eigenvalue weighted by atomic mass is 9.81. The molecular weight excluding hydrogens is 491 g/mol. The Hall–Kier alpha value is -2.85. The fourth-order valence-corrected chi connectivity index (χ4v) is 4.57. The molecule has 8 nitrogen and oxygen atoms in total. The van der Waals surface area contributed by atoms with Gasteiger partial charge in [-0.1, -0.05) is 29.8 Å². The summed E-state index contributed by atoms with van der Waals surface area (Å²) in [6.07, 6.45) is 3.79. The molecule has 37 heavy (non-hydrogen) atoms. The summed E-state index contributed by atoms with van der Waals surface area (Å²) in [5.74, 6) is 1.48. The van der Waals surface area contributed by atoms with Crippen molar-refractivity contribution in [3.05, 3.63) is 64.3 Å². The van der Waals surface area contributed by atoms with E-state index in [1.807, 2.05) is 45.0 Å². The molecule has 0 radical (unpaired) electrons. The van der Waals surface area contributed by atoms with E-state index >= 15 is 0 Å². The molecule has 1 aliphatic rings. The summed E-state index contributed by atoms with van der Waals surface area (Å²) >= 11 is 6.40. The Bertz CT molecular complexity index is 1240. The first-order valence-corrected chi connectivity index (χ1v) is 13.0. The maximum Gasteiger partial charge on any atom is 0.456 e. The van der Waals surface area contributed by atoms with E-state index in [9.17, 15) is 10.0 Å². The number of halogens is 1. The van der Waals surface area contributed by atoms with Crippen molar-refractivity contribution in [2.45, 2.75) is 58.4 Å². The highest BCUT2D eigenvalue weighted by molar-refractivity contribution is 6.40. The van der Waals surface area contributed by atoms with Crippen LogP contribution in [0.25, 0.3) is 0 Å². The highest BCUT2D eigenvalue weighted by atomic mass is 35.5. The quantitative estimate of drug-likeness (QED) is 0.235. The maximum atomic E-state index is 9.43. The minimum atomic E-state index is -1.46. The lowest BCUT2D eigenvalue weighted by Crippen LogP contribution is -2.18. The van der Waals surface area contributed by atoms with Gasteiger partial charge in [0.2, 0.25) is 5.95 Å². The van der Waals surface area contributed by atoms with Gasteiger partial charge in [0.25, 0.3) is 0 Å². The Labute approximate surface area is 223 Å². The Morgan fingerprint density at radius 1 is 1.14 bits per heavy atom. The number of anilines is 4. The second-order valence-corrected chi connectivity index (χ2v) is 10.1. The summed E-state index contributed by atoms with van der Waals surface area (Å²) in [6.45, 7) is 9.53. The number of aromatic nitrogens is 2. The number of hydrogen-bond acceptors (Lipinski definition) is 8. The van der Waals surface area contributed by atoms with Crippen molar-refractivity contribution in [1.29, 1.82) is 0 Å². The molecule has 0 amide bonds. The molecule has 0 bridgehead atoms. The van der Waals surface area contributed by atoms with E-state index in [-0.39, 0.29) is 17.8 Å². The van der Waals surface area contributed by atoms with Crippen LogP contribution in [-0.2, 0) is 16.5 Å². The average molecular weight is 525 g/mol. The minimum Gasteiger partial charge on any atom is -0.489 e. The van der Waals surface area contributed by atoms with Gasteiger partial charge in [-0.2, -0.15) is 4.98 Å². The monoisotopic (exact) mass is 524 g/mol. The molecule has 0 aliphatic heterocycles. The van der Waals surface area contributed by atoms with Gasteiger partial charge in [0.15, 0.2) is 5.82 Å². The smallest absolute Gasteiger partial charge is 0.456 e. The van der Waals surface area contributed by atoms with Crippen LogP contribution < -0.4 is 15.4 Å². The molecule has 1 heterocycles. The van der Waals surface area contributed by atoms with Crippen LogP contribution >= 0.6 is 11.6 Å². The first-order valence-electron chi connectivity index (χ1n) is 12.6. The summed E-state index contributed by atoms with van der Waals surface area (Å²) in [6, 6.07) is 11.5. The van der Waals surface area contributed by atoms with Crippen molar-refractivity contribution >= 4 is 41.9 Å². The molecule has 0 saturated heterocycles. The molecule has 1 fully saturated rings. The van der Waals surface area contributed by atoms with E-state index in [2.05, 4.69) is 39.7 Å². The van der Waals surface area contributed by atoms with Crippen LogP contribution in [0.3, 0.4) is 0 Å². The van der Waals surface area contributed by atoms with Crippen molar-refractivity contribution in [3.8, 4) is 5.75 Å². The predicted octanol–water partition coefficient (Wildman–Crippen LogP) is 5.34. The number of nitrogens with zero attached hydrogens (tertiary/aromatic N) is 2. The molecule has 1 aromatic heterocycles. The third kappa shape index (κ3) is 6.73. The summed E-state index contributed by atoms with van der Waals surface area (Å²) in [5, 5.41) is 25.7. The fourth-order valence-electron chi connectivity index (χ4n) is 4.43. The summed E-state index contributed by atoms with van der Waals surface area (Å²) in [7, 11) is -1.46. The minimum absolute atomic E-state index is 0.0140. The number of nitrogens with one attached hydrogen (secondary N) is 2. The predicted molar refractivity (Wildman–Crippen MR) is 148 cm³/mol. The average Bonchev–Trinajstić information content (AvgIpc) is 3.63. The van der Waals surface area contributed by atoms with E-state index in [1.165, 1.54) is 11.8 Å². The number of benzene rings is 2. The molecule has 4 N–H and O–H groups in total. The lowest BCUT2D eigenvalue weighted by molar-refractivity contribution is 0.125. The third-order valence-corrected chi connectivity index (χ3v) is 6.64. The number of hydrogen-bond donors (Lipinski definition) is 4. The molecule has 1 aliphatic carbocycles. The first kappa shape index (κ1) is 27.2. The molecule has 0 spiro atoms. The topological polar surface area (TPSA) is 109 Å². The zero-order valence-electron chi connectivity index (χ0n) is 21.7. The summed E-state index contributed by atoms with van der Waals surface area (Å²) < 4.78 is 12.0. The van der Waals surface area contributed by atoms with Gasteiger partial charge in [0.05, 0.1) is 24.6 Å². The highest BCUT2D eigenvalue weighted by Gasteiger charge is 2.45. The van der Waals surface area contributed by atoms with Gasteiger partial charge < -0.3 is 30.2 Å². The molecule has 2 aromatic carbocycles. The van der Waals surface area contributed by atoms with Crippen LogP contribution in [0.1, 0.15) is 50.3 Å². The zero-order valence-corrected chi connectivity index (χ0v) is 22.5. The van der Waals surface area contributed by atoms with Crippen molar-refractivity contribution in [3.63, 3.8) is 0 Å². The molecular formula is C27H34BClN4O4. The van der Waals surface area contributed by atoms with E-state index in [0.717, 1.165) is 35.4 Å². The number of ether oxygens (including phenoxy) is 2. The Morgan fingerprint density at radius 2 is 1.89 bits per heavy atom. The van der Waals surface area contributed by atoms with Crippen molar-refractivity contribution in [2.24, 2.45) is 0 Å². The Morgan fingerprint density at radius 3 is 2.57 bits per heavy atom. The first-order chi connectivity index (χ1) is 17.7. The lowest BCUT2D eigenvalue weighted by Gasteiger charge is -2.23. The summed E-state index contributed by atoms with van der Waals surface area (Å²) in [4.78, 5) is 8.96. The SMILES string of the molecule is CCOCC1(c2cc(OC(C)C)c(Nc3ncc(Cl)c(Nc4ccccc4CB(O)O)n3)cc2C)CC1. The van der Waals surface area contributed by atoms with Gasteiger partial charge in [-0.05, 0) is 75.4 Å². The van der Waals surface area contributed by atoms with E-state index in [0.29, 0.717) is 35.7 Å². The Kier molecular flexibility index (Phi) is 8.59. The van der Waals surface area contributed by atoms with Crippen molar-refractivity contribution in [2.75, 3.05) is 23.8 Å². The highest BCUT2D eigenvalue weighted by Crippen LogP contribution is 2.51. The standard InChI is InChI=1S/C27H34BClN4O4/c1-5-36-16-27(10-11-27)20-13-24(37-17(2)3)23(12-18(20)4)32-26-30-15-21(29)25(33-26)31-22-9-7-6-8-19(22)14-28(34)35/h6-9,12-13,15,17,34-35H,5,10-11,14,16H2,1-4H3,(H2,30,31,32,33). The van der Waals surface area contributed by atoms with Crippen LogP contribution in [0.5, 0.6) is 5.75 Å². The molecule has 0 atom stereocenters. The van der Waals surface area contributed by atoms with E-state index in [4.69, 9.17) is 21.1 Å². The molecule has 0 unspecified atom stereocenters. The second-order valence-electron chi connectivity index (χ2n) is 9.73. The van der Waals surface area contributed by atoms with Gasteiger partial charge in [0.1, 0.15) is 10.8 Å². The molecule has 10 heteroatoms. The zero-order chi connectivity index (χ0) is 26.6. The molecule has 196 valence electrons. The van der Waals surface area contributed by atoms with Crippen LogP contribution in [0.2, 0.25) is 5.02 Å². The molecule has 1 saturated carbocycles. The third-order valence-electron chi connectivity index (χ3n) is 6.36. The fraction of sp³-hybridized carbons (Fsp3) is 0.407. The van der Waals surface area contributed by atoms with Gasteiger partial charge in [0, 0.05) is 24.0 Å². The van der Waals surface area contributed by atoms with Crippen LogP contribution in [-0.4, -0.2) is 46.5 Å².